The Morgan fingerprint density at radius 2 is 1.65 bits per heavy atom. The molecule has 0 fully saturated rings. The van der Waals surface area contributed by atoms with Crippen molar-refractivity contribution in [1.29, 1.82) is 0 Å². The highest BCUT2D eigenvalue weighted by molar-refractivity contribution is 5.94. The molecule has 0 aromatic heterocycles. The molecule has 2 aromatic carbocycles. The first-order valence-electron chi connectivity index (χ1n) is 6.41. The minimum absolute atomic E-state index is 0.260. The molecule has 0 aliphatic heterocycles. The Labute approximate surface area is 118 Å². The summed E-state index contributed by atoms with van der Waals surface area (Å²) in [7, 11) is 0. The predicted octanol–water partition coefficient (Wildman–Crippen LogP) is 2.27. The quantitative estimate of drug-likeness (QED) is 0.819. The summed E-state index contributed by atoms with van der Waals surface area (Å²) in [5.74, 6) is -1.48. The lowest BCUT2D eigenvalue weighted by Gasteiger charge is -2.26. The molecule has 0 aliphatic carbocycles. The number of rotatable bonds is 5. The zero-order valence-corrected chi connectivity index (χ0v) is 11.4. The van der Waals surface area contributed by atoms with Crippen LogP contribution in [-0.4, -0.2) is 11.8 Å². The fraction of sp³-hybridized carbons (Fsp3) is 0.188. The normalized spacial score (nSPS) is 13.5. The maximum Gasteiger partial charge on any atom is 0.254 e. The topological polar surface area (TPSA) is 64.3 Å². The lowest BCUT2D eigenvalue weighted by Crippen LogP contribution is -2.55. The molecule has 0 bridgehead atoms. The third kappa shape index (κ3) is 4.19. The molecule has 104 valence electrons. The van der Waals surface area contributed by atoms with Crippen molar-refractivity contribution < 1.29 is 9.53 Å². The Hall–Kier alpha value is -2.17. The molecule has 2 aromatic rings. The molecule has 0 saturated heterocycles. The molecular formula is C16H18N2O2. The van der Waals surface area contributed by atoms with Gasteiger partial charge < -0.3 is 10.1 Å². The molecule has 0 radical (unpaired) electrons. The number of nitrogens with one attached hydrogen (secondary N) is 1. The highest BCUT2D eigenvalue weighted by Crippen LogP contribution is 2.07. The summed E-state index contributed by atoms with van der Waals surface area (Å²) in [5.41, 5.74) is 7.50. The molecule has 4 heteroatoms. The molecule has 0 heterocycles. The van der Waals surface area contributed by atoms with E-state index in [0.717, 1.165) is 5.56 Å². The van der Waals surface area contributed by atoms with Crippen LogP contribution in [0.5, 0.6) is 0 Å². The Morgan fingerprint density at radius 1 is 1.10 bits per heavy atom. The lowest BCUT2D eigenvalue weighted by molar-refractivity contribution is -0.0569. The van der Waals surface area contributed by atoms with E-state index in [1.807, 2.05) is 36.4 Å². The van der Waals surface area contributed by atoms with Crippen LogP contribution < -0.4 is 11.1 Å². The van der Waals surface area contributed by atoms with Gasteiger partial charge in [-0.2, -0.15) is 0 Å². The van der Waals surface area contributed by atoms with Crippen molar-refractivity contribution in [1.82, 2.24) is 5.32 Å². The van der Waals surface area contributed by atoms with Crippen molar-refractivity contribution in [3.63, 3.8) is 0 Å². The smallest absolute Gasteiger partial charge is 0.254 e. The zero-order valence-electron chi connectivity index (χ0n) is 11.4. The van der Waals surface area contributed by atoms with Gasteiger partial charge in [-0.15, -0.1) is 0 Å². The van der Waals surface area contributed by atoms with Gasteiger partial charge in [-0.05, 0) is 24.6 Å². The highest BCUT2D eigenvalue weighted by Gasteiger charge is 2.22. The molecule has 1 amide bonds. The van der Waals surface area contributed by atoms with Crippen molar-refractivity contribution in [3.05, 3.63) is 71.8 Å². The summed E-state index contributed by atoms with van der Waals surface area (Å²) in [6.45, 7) is 1.96. The van der Waals surface area contributed by atoms with Crippen LogP contribution in [0.25, 0.3) is 0 Å². The van der Waals surface area contributed by atoms with Crippen molar-refractivity contribution in [2.24, 2.45) is 5.73 Å². The van der Waals surface area contributed by atoms with Crippen molar-refractivity contribution in [2.45, 2.75) is 19.4 Å². The van der Waals surface area contributed by atoms with Gasteiger partial charge in [-0.25, -0.2) is 0 Å². The maximum absolute atomic E-state index is 12.0. The van der Waals surface area contributed by atoms with E-state index >= 15 is 0 Å². The summed E-state index contributed by atoms with van der Waals surface area (Å²) < 4.78 is 5.55. The van der Waals surface area contributed by atoms with E-state index in [-0.39, 0.29) is 5.91 Å². The van der Waals surface area contributed by atoms with Gasteiger partial charge in [0.25, 0.3) is 5.91 Å². The van der Waals surface area contributed by atoms with Gasteiger partial charge in [0.05, 0.1) is 6.61 Å². The standard InChI is InChI=1S/C16H18N2O2/c1-16(17,20-12-13-8-4-2-5-9-13)18-15(19)14-10-6-3-7-11-14/h2-11H,12,17H2,1H3,(H,18,19). The molecule has 0 aliphatic rings. The van der Waals surface area contributed by atoms with Crippen LogP contribution in [0.2, 0.25) is 0 Å². The van der Waals surface area contributed by atoms with E-state index < -0.39 is 5.85 Å². The maximum atomic E-state index is 12.0. The number of nitrogens with two attached hydrogens (primary N) is 1. The summed E-state index contributed by atoms with van der Waals surface area (Å²) in [4.78, 5) is 12.0. The van der Waals surface area contributed by atoms with Crippen LogP contribution in [0.4, 0.5) is 0 Å². The first kappa shape index (κ1) is 14.2. The van der Waals surface area contributed by atoms with Gasteiger partial charge in [0.15, 0.2) is 5.85 Å². The first-order chi connectivity index (χ1) is 9.57. The Balaban J connectivity index is 1.92. The van der Waals surface area contributed by atoms with E-state index in [0.29, 0.717) is 12.2 Å². The minimum Gasteiger partial charge on any atom is -0.338 e. The number of hydrogen-bond donors (Lipinski definition) is 2. The Bertz CT molecular complexity index is 553. The van der Waals surface area contributed by atoms with Crippen molar-refractivity contribution in [2.75, 3.05) is 0 Å². The number of benzene rings is 2. The number of hydrogen-bond acceptors (Lipinski definition) is 3. The number of carbonyl (C=O) groups is 1. The molecular weight excluding hydrogens is 252 g/mol. The summed E-state index contributed by atoms with van der Waals surface area (Å²) in [6.07, 6.45) is 0. The number of ether oxygens (including phenoxy) is 1. The third-order valence-corrected chi connectivity index (χ3v) is 2.78. The summed E-state index contributed by atoms with van der Waals surface area (Å²) >= 11 is 0. The fourth-order valence-corrected chi connectivity index (χ4v) is 1.73. The highest BCUT2D eigenvalue weighted by atomic mass is 16.5. The van der Waals surface area contributed by atoms with E-state index in [1.165, 1.54) is 0 Å². The van der Waals surface area contributed by atoms with E-state index in [4.69, 9.17) is 10.5 Å². The van der Waals surface area contributed by atoms with Gasteiger partial charge in [0.1, 0.15) is 0 Å². The van der Waals surface area contributed by atoms with Crippen molar-refractivity contribution >= 4 is 5.91 Å². The molecule has 3 N–H and O–H groups in total. The molecule has 2 rings (SSSR count). The van der Waals surface area contributed by atoms with Crippen LogP contribution in [0.1, 0.15) is 22.8 Å². The minimum atomic E-state index is -1.22. The second-order valence-corrected chi connectivity index (χ2v) is 4.70. The fourth-order valence-electron chi connectivity index (χ4n) is 1.73. The van der Waals surface area contributed by atoms with Gasteiger partial charge in [0, 0.05) is 5.56 Å². The van der Waals surface area contributed by atoms with Gasteiger partial charge in [0.2, 0.25) is 0 Å². The second-order valence-electron chi connectivity index (χ2n) is 4.70. The van der Waals surface area contributed by atoms with Crippen molar-refractivity contribution in [3.8, 4) is 0 Å². The zero-order chi connectivity index (χ0) is 14.4. The predicted molar refractivity (Wildman–Crippen MR) is 77.7 cm³/mol. The second kappa shape index (κ2) is 6.32. The van der Waals surface area contributed by atoms with Gasteiger partial charge >= 0.3 is 0 Å². The molecule has 1 atom stereocenters. The number of amides is 1. The molecule has 4 nitrogen and oxygen atoms in total. The van der Waals surface area contributed by atoms with Crippen LogP contribution in [0, 0.1) is 0 Å². The summed E-state index contributed by atoms with van der Waals surface area (Å²) in [6, 6.07) is 18.6. The van der Waals surface area contributed by atoms with Crippen LogP contribution >= 0.6 is 0 Å². The van der Waals surface area contributed by atoms with E-state index in [9.17, 15) is 4.79 Å². The van der Waals surface area contributed by atoms with Crippen LogP contribution in [0.15, 0.2) is 60.7 Å². The van der Waals surface area contributed by atoms with Gasteiger partial charge in [-0.1, -0.05) is 48.5 Å². The van der Waals surface area contributed by atoms with E-state index in [2.05, 4.69) is 5.32 Å². The van der Waals surface area contributed by atoms with E-state index in [1.54, 1.807) is 31.2 Å². The molecule has 0 spiro atoms. The SMILES string of the molecule is CC(N)(NC(=O)c1ccccc1)OCc1ccccc1. The average Bonchev–Trinajstić information content (AvgIpc) is 2.47. The molecule has 0 saturated carbocycles. The largest absolute Gasteiger partial charge is 0.338 e. The van der Waals surface area contributed by atoms with Crippen LogP contribution in [-0.2, 0) is 11.3 Å². The molecule has 1 unspecified atom stereocenters. The average molecular weight is 270 g/mol. The number of carbonyl (C=O) groups excluding carboxylic acids is 1. The monoisotopic (exact) mass is 270 g/mol. The first-order valence-corrected chi connectivity index (χ1v) is 6.41. The van der Waals surface area contributed by atoms with Gasteiger partial charge in [-0.3, -0.25) is 10.5 Å². The van der Waals surface area contributed by atoms with Crippen LogP contribution in [0.3, 0.4) is 0 Å². The lowest BCUT2D eigenvalue weighted by atomic mass is 10.2. The Morgan fingerprint density at radius 3 is 2.25 bits per heavy atom. The molecule has 20 heavy (non-hydrogen) atoms. The third-order valence-electron chi connectivity index (χ3n) is 2.78. The summed E-state index contributed by atoms with van der Waals surface area (Å²) in [5, 5.41) is 2.66. The Kier molecular flexibility index (Phi) is 4.50.